The standard InChI is InChI=1S/C13H13NO4/c1-17-10-4-3-8(11(7-10)18-2)5-9-6-12(15)14-13(9)16/h3-4,6-7H,5H2,1-2H3,(H,14,15,16). The third-order valence-electron chi connectivity index (χ3n) is 2.71. The molecule has 94 valence electrons. The molecule has 0 unspecified atom stereocenters. The van der Waals surface area contributed by atoms with Gasteiger partial charge in [0.25, 0.3) is 11.8 Å². The lowest BCUT2D eigenvalue weighted by molar-refractivity contribution is -0.123. The second-order valence-electron chi connectivity index (χ2n) is 3.84. The smallest absolute Gasteiger partial charge is 0.254 e. The first-order valence-corrected chi connectivity index (χ1v) is 5.41. The Hall–Kier alpha value is -2.30. The highest BCUT2D eigenvalue weighted by atomic mass is 16.5. The molecule has 5 heteroatoms. The van der Waals surface area contributed by atoms with Crippen molar-refractivity contribution in [1.82, 2.24) is 5.32 Å². The first-order valence-electron chi connectivity index (χ1n) is 5.41. The Morgan fingerprint density at radius 3 is 2.50 bits per heavy atom. The molecule has 0 atom stereocenters. The van der Waals surface area contributed by atoms with E-state index in [1.54, 1.807) is 26.4 Å². The molecule has 0 aliphatic carbocycles. The van der Waals surface area contributed by atoms with E-state index in [4.69, 9.17) is 9.47 Å². The van der Waals surface area contributed by atoms with Gasteiger partial charge in [-0.05, 0) is 11.6 Å². The number of hydrogen-bond donors (Lipinski definition) is 1. The first-order chi connectivity index (χ1) is 8.63. The van der Waals surface area contributed by atoms with E-state index in [9.17, 15) is 9.59 Å². The summed E-state index contributed by atoms with van der Waals surface area (Å²) in [5, 5.41) is 2.21. The number of benzene rings is 1. The number of hydrogen-bond acceptors (Lipinski definition) is 4. The molecule has 18 heavy (non-hydrogen) atoms. The highest BCUT2D eigenvalue weighted by Crippen LogP contribution is 2.27. The minimum absolute atomic E-state index is 0.349. The quantitative estimate of drug-likeness (QED) is 0.800. The van der Waals surface area contributed by atoms with E-state index in [1.807, 2.05) is 6.07 Å². The summed E-state index contributed by atoms with van der Waals surface area (Å²) in [7, 11) is 3.12. The Morgan fingerprint density at radius 2 is 1.94 bits per heavy atom. The van der Waals surface area contributed by atoms with Gasteiger partial charge in [-0.1, -0.05) is 6.07 Å². The van der Waals surface area contributed by atoms with E-state index in [2.05, 4.69) is 5.32 Å². The molecule has 0 aromatic heterocycles. The van der Waals surface area contributed by atoms with Gasteiger partial charge in [0, 0.05) is 24.1 Å². The van der Waals surface area contributed by atoms with Gasteiger partial charge >= 0.3 is 0 Å². The molecule has 1 heterocycles. The average Bonchev–Trinajstić information content (AvgIpc) is 2.68. The van der Waals surface area contributed by atoms with E-state index in [0.717, 1.165) is 5.56 Å². The van der Waals surface area contributed by atoms with Gasteiger partial charge in [0.2, 0.25) is 0 Å². The van der Waals surface area contributed by atoms with Gasteiger partial charge in [-0.25, -0.2) is 0 Å². The summed E-state index contributed by atoms with van der Waals surface area (Å²) in [6, 6.07) is 5.34. The molecule has 1 aliphatic rings. The molecule has 0 fully saturated rings. The molecule has 0 saturated heterocycles. The molecule has 0 bridgehead atoms. The van der Waals surface area contributed by atoms with Crippen LogP contribution in [0, 0.1) is 0 Å². The lowest BCUT2D eigenvalue weighted by Crippen LogP contribution is -2.22. The van der Waals surface area contributed by atoms with E-state index in [1.165, 1.54) is 6.08 Å². The van der Waals surface area contributed by atoms with Crippen LogP contribution in [0.3, 0.4) is 0 Å². The Morgan fingerprint density at radius 1 is 1.17 bits per heavy atom. The second-order valence-corrected chi connectivity index (χ2v) is 3.84. The van der Waals surface area contributed by atoms with Crippen molar-refractivity contribution in [2.24, 2.45) is 0 Å². The van der Waals surface area contributed by atoms with Gasteiger partial charge in [-0.3, -0.25) is 14.9 Å². The first kappa shape index (κ1) is 12.2. The molecule has 1 aliphatic heterocycles. The summed E-state index contributed by atoms with van der Waals surface area (Å²) in [6.45, 7) is 0. The number of rotatable bonds is 4. The Kier molecular flexibility index (Phi) is 3.32. The van der Waals surface area contributed by atoms with Gasteiger partial charge in [-0.2, -0.15) is 0 Å². The topological polar surface area (TPSA) is 64.6 Å². The molecule has 1 aromatic carbocycles. The normalized spacial score (nSPS) is 14.2. The van der Waals surface area contributed by atoms with Crippen molar-refractivity contribution in [2.45, 2.75) is 6.42 Å². The molecule has 2 rings (SSSR count). The number of imide groups is 1. The van der Waals surface area contributed by atoms with Crippen molar-refractivity contribution in [1.29, 1.82) is 0 Å². The molecule has 1 N–H and O–H groups in total. The fourth-order valence-electron chi connectivity index (χ4n) is 1.79. The van der Waals surface area contributed by atoms with Crippen LogP contribution in [0.4, 0.5) is 0 Å². The zero-order chi connectivity index (χ0) is 13.1. The van der Waals surface area contributed by atoms with Gasteiger partial charge in [-0.15, -0.1) is 0 Å². The number of nitrogens with one attached hydrogen (secondary N) is 1. The van der Waals surface area contributed by atoms with Crippen LogP contribution in [-0.2, 0) is 16.0 Å². The number of carbonyl (C=O) groups excluding carboxylic acids is 2. The number of carbonyl (C=O) groups is 2. The summed E-state index contributed by atoms with van der Waals surface area (Å²) < 4.78 is 10.3. The molecule has 1 aromatic rings. The second kappa shape index (κ2) is 4.91. The maximum absolute atomic E-state index is 11.4. The van der Waals surface area contributed by atoms with Crippen LogP contribution in [-0.4, -0.2) is 26.0 Å². The monoisotopic (exact) mass is 247 g/mol. The van der Waals surface area contributed by atoms with Crippen molar-refractivity contribution in [3.8, 4) is 11.5 Å². The largest absolute Gasteiger partial charge is 0.497 e. The van der Waals surface area contributed by atoms with Crippen LogP contribution in [0.1, 0.15) is 5.56 Å². The SMILES string of the molecule is COc1ccc(CC2=CC(=O)NC2=O)c(OC)c1. The molecule has 2 amide bonds. The summed E-state index contributed by atoms with van der Waals surface area (Å²) in [4.78, 5) is 22.5. The minimum atomic E-state index is -0.373. The molecule has 0 radical (unpaired) electrons. The van der Waals surface area contributed by atoms with Gasteiger partial charge in [0.05, 0.1) is 14.2 Å². The highest BCUT2D eigenvalue weighted by Gasteiger charge is 2.21. The maximum Gasteiger partial charge on any atom is 0.254 e. The van der Waals surface area contributed by atoms with E-state index in [-0.39, 0.29) is 11.8 Å². The summed E-state index contributed by atoms with van der Waals surface area (Å²) in [6.07, 6.45) is 1.66. The third kappa shape index (κ3) is 2.34. The van der Waals surface area contributed by atoms with Crippen LogP contribution in [0.5, 0.6) is 11.5 Å². The van der Waals surface area contributed by atoms with Crippen LogP contribution >= 0.6 is 0 Å². The van der Waals surface area contributed by atoms with Gasteiger partial charge < -0.3 is 9.47 Å². The lowest BCUT2D eigenvalue weighted by Gasteiger charge is -2.10. The maximum atomic E-state index is 11.4. The van der Waals surface area contributed by atoms with Crippen LogP contribution in [0.25, 0.3) is 0 Å². The Labute approximate surface area is 104 Å². The molecule has 0 saturated carbocycles. The highest BCUT2D eigenvalue weighted by molar-refractivity contribution is 6.16. The zero-order valence-electron chi connectivity index (χ0n) is 10.1. The van der Waals surface area contributed by atoms with Crippen molar-refractivity contribution in [3.05, 3.63) is 35.4 Å². The fraction of sp³-hybridized carbons (Fsp3) is 0.231. The number of amides is 2. The number of methoxy groups -OCH3 is 2. The Bertz CT molecular complexity index is 534. The van der Waals surface area contributed by atoms with Crippen molar-refractivity contribution in [2.75, 3.05) is 14.2 Å². The molecular weight excluding hydrogens is 234 g/mol. The summed E-state index contributed by atoms with van der Waals surface area (Å²) in [5.41, 5.74) is 1.26. The van der Waals surface area contributed by atoms with Crippen molar-refractivity contribution >= 4 is 11.8 Å². The zero-order valence-corrected chi connectivity index (χ0v) is 10.1. The van der Waals surface area contributed by atoms with E-state index >= 15 is 0 Å². The van der Waals surface area contributed by atoms with E-state index < -0.39 is 0 Å². The Balaban J connectivity index is 2.26. The lowest BCUT2D eigenvalue weighted by atomic mass is 10.0. The van der Waals surface area contributed by atoms with E-state index in [0.29, 0.717) is 23.5 Å². The molecule has 0 spiro atoms. The van der Waals surface area contributed by atoms with Crippen LogP contribution < -0.4 is 14.8 Å². The van der Waals surface area contributed by atoms with Gasteiger partial charge in [0.1, 0.15) is 11.5 Å². The molecule has 5 nitrogen and oxygen atoms in total. The number of ether oxygens (including phenoxy) is 2. The fourth-order valence-corrected chi connectivity index (χ4v) is 1.79. The summed E-state index contributed by atoms with van der Waals surface area (Å²) in [5.74, 6) is 0.583. The van der Waals surface area contributed by atoms with Crippen molar-refractivity contribution < 1.29 is 19.1 Å². The van der Waals surface area contributed by atoms with Crippen LogP contribution in [0.2, 0.25) is 0 Å². The minimum Gasteiger partial charge on any atom is -0.497 e. The van der Waals surface area contributed by atoms with Crippen LogP contribution in [0.15, 0.2) is 29.8 Å². The predicted molar refractivity (Wildman–Crippen MR) is 64.5 cm³/mol. The van der Waals surface area contributed by atoms with Gasteiger partial charge in [0.15, 0.2) is 0 Å². The predicted octanol–water partition coefficient (Wildman–Crippen LogP) is 0.829. The average molecular weight is 247 g/mol. The van der Waals surface area contributed by atoms with Crippen molar-refractivity contribution in [3.63, 3.8) is 0 Å². The molecular formula is C13H13NO4. The third-order valence-corrected chi connectivity index (χ3v) is 2.71. The summed E-state index contributed by atoms with van der Waals surface area (Å²) >= 11 is 0.